The number of hydrogen-bond donors (Lipinski definition) is 1. The summed E-state index contributed by atoms with van der Waals surface area (Å²) in [5.74, 6) is 0. The summed E-state index contributed by atoms with van der Waals surface area (Å²) in [5.41, 5.74) is 0.455. The number of piperidine rings is 2. The Kier molecular flexibility index (Phi) is 2.13. The van der Waals surface area contributed by atoms with Crippen molar-refractivity contribution in [2.24, 2.45) is 0 Å². The summed E-state index contributed by atoms with van der Waals surface area (Å²) in [4.78, 5) is 2.55. The minimum absolute atomic E-state index is 0.455. The fourth-order valence-electron chi connectivity index (χ4n) is 2.77. The van der Waals surface area contributed by atoms with E-state index in [2.05, 4.69) is 24.2 Å². The van der Waals surface area contributed by atoms with Gasteiger partial charge in [-0.05, 0) is 52.7 Å². The van der Waals surface area contributed by atoms with E-state index >= 15 is 0 Å². The van der Waals surface area contributed by atoms with Gasteiger partial charge in [0, 0.05) is 11.6 Å². The third-order valence-electron chi connectivity index (χ3n) is 3.86. The molecule has 2 atom stereocenters. The number of rotatable bonds is 0. The predicted octanol–water partition coefficient (Wildman–Crippen LogP) is 1.22. The molecule has 0 amide bonds. The smallest absolute Gasteiger partial charge is 0.0331 e. The summed E-state index contributed by atoms with van der Waals surface area (Å²) >= 11 is 0. The van der Waals surface area contributed by atoms with Crippen molar-refractivity contribution in [1.82, 2.24) is 10.2 Å². The van der Waals surface area contributed by atoms with Crippen molar-refractivity contribution in [2.75, 3.05) is 20.1 Å². The lowest BCUT2D eigenvalue weighted by Gasteiger charge is -2.51. The van der Waals surface area contributed by atoms with E-state index in [4.69, 9.17) is 0 Å². The summed E-state index contributed by atoms with van der Waals surface area (Å²) < 4.78 is 0. The van der Waals surface area contributed by atoms with Crippen LogP contribution < -0.4 is 5.32 Å². The topological polar surface area (TPSA) is 15.3 Å². The van der Waals surface area contributed by atoms with Gasteiger partial charge in [-0.1, -0.05) is 0 Å². The van der Waals surface area contributed by atoms with Crippen LogP contribution in [0, 0.1) is 0 Å². The summed E-state index contributed by atoms with van der Waals surface area (Å²) in [6.45, 7) is 4.94. The van der Waals surface area contributed by atoms with Gasteiger partial charge in [0.25, 0.3) is 0 Å². The van der Waals surface area contributed by atoms with Crippen LogP contribution in [0.2, 0.25) is 0 Å². The lowest BCUT2D eigenvalue weighted by Crippen LogP contribution is -2.63. The highest BCUT2D eigenvalue weighted by Gasteiger charge is 2.41. The zero-order valence-corrected chi connectivity index (χ0v) is 8.27. The summed E-state index contributed by atoms with van der Waals surface area (Å²) in [7, 11) is 2.28. The molecule has 2 fully saturated rings. The second kappa shape index (κ2) is 3.00. The maximum atomic E-state index is 3.65. The summed E-state index contributed by atoms with van der Waals surface area (Å²) in [6.07, 6.45) is 5.46. The van der Waals surface area contributed by atoms with E-state index in [-0.39, 0.29) is 0 Å². The molecular weight excluding hydrogens is 148 g/mol. The largest absolute Gasteiger partial charge is 0.312 e. The molecule has 0 aliphatic carbocycles. The number of nitrogens with zero attached hydrogens (tertiary/aromatic N) is 1. The van der Waals surface area contributed by atoms with E-state index in [1.807, 2.05) is 0 Å². The molecule has 2 nitrogen and oxygen atoms in total. The Morgan fingerprint density at radius 2 is 2.25 bits per heavy atom. The monoisotopic (exact) mass is 168 g/mol. The molecule has 2 aliphatic heterocycles. The van der Waals surface area contributed by atoms with Crippen molar-refractivity contribution < 1.29 is 0 Å². The van der Waals surface area contributed by atoms with Crippen molar-refractivity contribution >= 4 is 0 Å². The minimum Gasteiger partial charge on any atom is -0.312 e. The van der Waals surface area contributed by atoms with Gasteiger partial charge >= 0.3 is 0 Å². The van der Waals surface area contributed by atoms with Gasteiger partial charge in [0.2, 0.25) is 0 Å². The van der Waals surface area contributed by atoms with Crippen LogP contribution in [0.15, 0.2) is 0 Å². The van der Waals surface area contributed by atoms with Crippen molar-refractivity contribution in [3.63, 3.8) is 0 Å². The third-order valence-corrected chi connectivity index (χ3v) is 3.86. The number of hydrogen-bond acceptors (Lipinski definition) is 2. The quantitative estimate of drug-likeness (QED) is 0.585. The highest BCUT2D eigenvalue weighted by atomic mass is 15.2. The lowest BCUT2D eigenvalue weighted by molar-refractivity contribution is 0.0262. The third kappa shape index (κ3) is 1.17. The Labute approximate surface area is 75.3 Å². The van der Waals surface area contributed by atoms with Crippen LogP contribution in [-0.2, 0) is 0 Å². The molecule has 0 saturated carbocycles. The molecule has 2 heterocycles. The predicted molar refractivity (Wildman–Crippen MR) is 51.3 cm³/mol. The molecule has 0 radical (unpaired) electrons. The normalized spacial score (nSPS) is 44.0. The van der Waals surface area contributed by atoms with Crippen LogP contribution >= 0.6 is 0 Å². The van der Waals surface area contributed by atoms with Gasteiger partial charge < -0.3 is 5.32 Å². The lowest BCUT2D eigenvalue weighted by atomic mass is 9.78. The fraction of sp³-hybridized carbons (Fsp3) is 1.00. The Morgan fingerprint density at radius 3 is 3.00 bits per heavy atom. The van der Waals surface area contributed by atoms with Gasteiger partial charge in [0.05, 0.1) is 0 Å². The molecule has 0 unspecified atom stereocenters. The van der Waals surface area contributed by atoms with Crippen LogP contribution in [0.1, 0.15) is 32.6 Å². The van der Waals surface area contributed by atoms with E-state index < -0.39 is 0 Å². The Bertz CT molecular complexity index is 167. The van der Waals surface area contributed by atoms with Crippen LogP contribution in [-0.4, -0.2) is 36.6 Å². The first-order chi connectivity index (χ1) is 5.73. The molecule has 2 heteroatoms. The zero-order valence-electron chi connectivity index (χ0n) is 8.27. The first-order valence-corrected chi connectivity index (χ1v) is 5.18. The maximum Gasteiger partial charge on any atom is 0.0331 e. The Balaban J connectivity index is 2.14. The summed E-state index contributed by atoms with van der Waals surface area (Å²) in [5, 5.41) is 3.65. The van der Waals surface area contributed by atoms with Gasteiger partial charge in [0.1, 0.15) is 0 Å². The molecular formula is C10H20N2. The average Bonchev–Trinajstić information content (AvgIpc) is 2.07. The molecule has 0 aromatic heterocycles. The van der Waals surface area contributed by atoms with Crippen molar-refractivity contribution in [1.29, 1.82) is 0 Å². The van der Waals surface area contributed by atoms with E-state index in [0.717, 1.165) is 6.04 Å². The number of nitrogens with one attached hydrogen (secondary N) is 1. The second-order valence-corrected chi connectivity index (χ2v) is 4.53. The standard InChI is InChI=1S/C10H20N2/c1-10-6-4-7-11-9(10)5-3-8-12(10)2/h9,11H,3-8H2,1-2H3/t9-,10+/m1/s1. The van der Waals surface area contributed by atoms with Crippen LogP contribution in [0.5, 0.6) is 0 Å². The molecule has 70 valence electrons. The maximum absolute atomic E-state index is 3.65. The highest BCUT2D eigenvalue weighted by Crippen LogP contribution is 2.33. The van der Waals surface area contributed by atoms with Crippen LogP contribution in [0.4, 0.5) is 0 Å². The first kappa shape index (κ1) is 8.52. The van der Waals surface area contributed by atoms with Crippen molar-refractivity contribution in [2.45, 2.75) is 44.2 Å². The van der Waals surface area contributed by atoms with E-state index in [1.54, 1.807) is 0 Å². The molecule has 0 bridgehead atoms. The molecule has 0 aromatic carbocycles. The van der Waals surface area contributed by atoms with E-state index in [1.165, 1.54) is 38.8 Å². The first-order valence-electron chi connectivity index (χ1n) is 5.18. The van der Waals surface area contributed by atoms with Gasteiger partial charge in [-0.15, -0.1) is 0 Å². The second-order valence-electron chi connectivity index (χ2n) is 4.53. The minimum atomic E-state index is 0.455. The van der Waals surface area contributed by atoms with Crippen molar-refractivity contribution in [3.8, 4) is 0 Å². The van der Waals surface area contributed by atoms with Crippen LogP contribution in [0.25, 0.3) is 0 Å². The number of likely N-dealkylation sites (N-methyl/N-ethyl adjacent to an activating group) is 1. The highest BCUT2D eigenvalue weighted by molar-refractivity contribution is 5.01. The van der Waals surface area contributed by atoms with Crippen LogP contribution in [0.3, 0.4) is 0 Å². The Morgan fingerprint density at radius 1 is 1.42 bits per heavy atom. The average molecular weight is 168 g/mol. The van der Waals surface area contributed by atoms with Gasteiger partial charge in [-0.2, -0.15) is 0 Å². The van der Waals surface area contributed by atoms with Gasteiger partial charge in [0.15, 0.2) is 0 Å². The molecule has 2 rings (SSSR count). The van der Waals surface area contributed by atoms with Gasteiger partial charge in [-0.25, -0.2) is 0 Å². The molecule has 1 N–H and O–H groups in total. The van der Waals surface area contributed by atoms with E-state index in [9.17, 15) is 0 Å². The number of fused-ring (bicyclic) bond motifs is 1. The molecule has 2 saturated heterocycles. The fourth-order valence-corrected chi connectivity index (χ4v) is 2.77. The molecule has 0 aromatic rings. The van der Waals surface area contributed by atoms with Gasteiger partial charge in [-0.3, -0.25) is 4.90 Å². The summed E-state index contributed by atoms with van der Waals surface area (Å²) in [6, 6.07) is 0.755. The number of likely N-dealkylation sites (tertiary alicyclic amines) is 1. The van der Waals surface area contributed by atoms with Crippen molar-refractivity contribution in [3.05, 3.63) is 0 Å². The SMILES string of the molecule is CN1CCC[C@H]2NCCC[C@@]21C. The van der Waals surface area contributed by atoms with E-state index in [0.29, 0.717) is 5.54 Å². The molecule has 0 spiro atoms. The zero-order chi connectivity index (χ0) is 8.60. The Hall–Kier alpha value is -0.0800. The molecule has 12 heavy (non-hydrogen) atoms. The molecule has 2 aliphatic rings.